The highest BCUT2D eigenvalue weighted by molar-refractivity contribution is 5.72. The molecule has 0 aliphatic heterocycles. The van der Waals surface area contributed by atoms with E-state index in [1.807, 2.05) is 13.8 Å². The summed E-state index contributed by atoms with van der Waals surface area (Å²) in [5.74, 6) is 0.719. The van der Waals surface area contributed by atoms with Crippen molar-refractivity contribution in [1.29, 1.82) is 0 Å². The van der Waals surface area contributed by atoms with Crippen LogP contribution in [-0.4, -0.2) is 32.2 Å². The molecule has 0 aliphatic rings. The van der Waals surface area contributed by atoms with Crippen molar-refractivity contribution in [1.82, 2.24) is 19.1 Å². The second kappa shape index (κ2) is 5.49. The molecule has 2 rings (SSSR count). The molecule has 110 valence electrons. The smallest absolute Gasteiger partial charge is 0.332 e. The van der Waals surface area contributed by atoms with E-state index in [-0.39, 0.29) is 17.2 Å². The second-order valence-electron chi connectivity index (χ2n) is 5.15. The van der Waals surface area contributed by atoms with Crippen molar-refractivity contribution < 1.29 is 0 Å². The molecule has 0 aromatic carbocycles. The molecular formula is C12H20N6O2. The molecule has 2 aromatic rings. The van der Waals surface area contributed by atoms with Crippen LogP contribution in [0.25, 0.3) is 11.2 Å². The Labute approximate surface area is 115 Å². The number of H-pyrrole nitrogens is 1. The molecule has 2 aromatic heterocycles. The van der Waals surface area contributed by atoms with Crippen molar-refractivity contribution in [2.24, 2.45) is 18.7 Å². The summed E-state index contributed by atoms with van der Waals surface area (Å²) in [5, 5.41) is 2.98. The van der Waals surface area contributed by atoms with Gasteiger partial charge in [0, 0.05) is 26.7 Å². The fourth-order valence-corrected chi connectivity index (χ4v) is 2.04. The number of anilines is 1. The Morgan fingerprint density at radius 1 is 1.40 bits per heavy atom. The highest BCUT2D eigenvalue weighted by atomic mass is 16.2. The predicted molar refractivity (Wildman–Crippen MR) is 78.0 cm³/mol. The Kier molecular flexibility index (Phi) is 3.93. The number of nitrogens with two attached hydrogens (primary N) is 1. The maximum absolute atomic E-state index is 12.2. The van der Waals surface area contributed by atoms with E-state index in [0.29, 0.717) is 36.7 Å². The van der Waals surface area contributed by atoms with Crippen LogP contribution >= 0.6 is 0 Å². The van der Waals surface area contributed by atoms with E-state index in [4.69, 9.17) is 5.73 Å². The maximum Gasteiger partial charge on any atom is 0.332 e. The first-order chi connectivity index (χ1) is 9.45. The lowest BCUT2D eigenvalue weighted by Gasteiger charge is -2.10. The van der Waals surface area contributed by atoms with Crippen LogP contribution < -0.4 is 22.3 Å². The zero-order valence-corrected chi connectivity index (χ0v) is 11.9. The summed E-state index contributed by atoms with van der Waals surface area (Å²) in [4.78, 5) is 31.5. The zero-order valence-electron chi connectivity index (χ0n) is 11.9. The van der Waals surface area contributed by atoms with Gasteiger partial charge in [-0.2, -0.15) is 4.98 Å². The molecule has 4 N–H and O–H groups in total. The molecule has 20 heavy (non-hydrogen) atoms. The predicted octanol–water partition coefficient (Wildman–Crippen LogP) is -0.550. The lowest BCUT2D eigenvalue weighted by molar-refractivity contribution is 0.500. The number of nitrogens with zero attached hydrogens (tertiary/aromatic N) is 3. The van der Waals surface area contributed by atoms with Crippen LogP contribution in [0.5, 0.6) is 0 Å². The van der Waals surface area contributed by atoms with Gasteiger partial charge < -0.3 is 16.0 Å². The molecule has 0 fully saturated rings. The fraction of sp³-hybridized carbons (Fsp3) is 0.583. The summed E-state index contributed by atoms with van der Waals surface area (Å²) in [5.41, 5.74) is 5.40. The highest BCUT2D eigenvalue weighted by Gasteiger charge is 2.15. The highest BCUT2D eigenvalue weighted by Crippen LogP contribution is 2.10. The molecule has 0 saturated carbocycles. The first-order valence-electron chi connectivity index (χ1n) is 6.59. The van der Waals surface area contributed by atoms with E-state index < -0.39 is 0 Å². The van der Waals surface area contributed by atoms with Gasteiger partial charge in [0.25, 0.3) is 5.56 Å². The summed E-state index contributed by atoms with van der Waals surface area (Å²) < 4.78 is 2.61. The van der Waals surface area contributed by atoms with Crippen LogP contribution in [-0.2, 0) is 13.6 Å². The number of aromatic amines is 1. The number of rotatable bonds is 5. The Balaban J connectivity index is 2.66. The number of hydrogen-bond donors (Lipinski definition) is 3. The monoisotopic (exact) mass is 280 g/mol. The summed E-state index contributed by atoms with van der Waals surface area (Å²) in [6.45, 7) is 5.50. The van der Waals surface area contributed by atoms with Gasteiger partial charge >= 0.3 is 5.69 Å². The molecule has 0 unspecified atom stereocenters. The second-order valence-corrected chi connectivity index (χ2v) is 5.15. The number of fused-ring (bicyclic) bond motifs is 1. The van der Waals surface area contributed by atoms with Gasteiger partial charge in [-0.05, 0) is 5.92 Å². The minimum absolute atomic E-state index is 0.269. The number of hydrogen-bond acceptors (Lipinski definition) is 5. The van der Waals surface area contributed by atoms with Crippen LogP contribution in [0.15, 0.2) is 9.59 Å². The quantitative estimate of drug-likeness (QED) is 0.680. The lowest BCUT2D eigenvalue weighted by atomic mass is 10.2. The summed E-state index contributed by atoms with van der Waals surface area (Å²) in [7, 11) is 1.47. The first-order valence-corrected chi connectivity index (χ1v) is 6.59. The molecule has 0 saturated heterocycles. The largest absolute Gasteiger partial charge is 0.354 e. The van der Waals surface area contributed by atoms with Crippen LogP contribution in [0, 0.1) is 5.92 Å². The van der Waals surface area contributed by atoms with E-state index >= 15 is 0 Å². The maximum atomic E-state index is 12.2. The Morgan fingerprint density at radius 2 is 2.10 bits per heavy atom. The lowest BCUT2D eigenvalue weighted by Crippen LogP contribution is -2.38. The van der Waals surface area contributed by atoms with E-state index in [9.17, 15) is 9.59 Å². The zero-order chi connectivity index (χ0) is 14.9. The molecule has 0 amide bonds. The van der Waals surface area contributed by atoms with E-state index in [2.05, 4.69) is 15.3 Å². The molecule has 0 bridgehead atoms. The van der Waals surface area contributed by atoms with Gasteiger partial charge in [0.15, 0.2) is 11.2 Å². The minimum atomic E-state index is -0.377. The van der Waals surface area contributed by atoms with E-state index in [1.54, 1.807) is 0 Å². The van der Waals surface area contributed by atoms with Crippen LogP contribution in [0.4, 0.5) is 5.95 Å². The van der Waals surface area contributed by atoms with Crippen molar-refractivity contribution >= 4 is 17.1 Å². The average Bonchev–Trinajstić information content (AvgIpc) is 2.82. The Hall–Kier alpha value is -2.09. The van der Waals surface area contributed by atoms with Crippen molar-refractivity contribution in [3.63, 3.8) is 0 Å². The van der Waals surface area contributed by atoms with Crippen LogP contribution in [0.1, 0.15) is 13.8 Å². The average molecular weight is 280 g/mol. The van der Waals surface area contributed by atoms with Gasteiger partial charge in [-0.3, -0.25) is 13.9 Å². The molecule has 0 aliphatic carbocycles. The Morgan fingerprint density at radius 3 is 2.70 bits per heavy atom. The number of aromatic nitrogens is 4. The van der Waals surface area contributed by atoms with E-state index in [0.717, 1.165) is 4.57 Å². The van der Waals surface area contributed by atoms with Gasteiger partial charge in [-0.25, -0.2) is 4.79 Å². The third kappa shape index (κ3) is 2.46. The SMILES string of the molecule is CC(C)Cn1c(=O)n(C)c(=O)c2[nH]c(NCCN)nc21. The third-order valence-electron chi connectivity index (χ3n) is 2.96. The molecular weight excluding hydrogens is 260 g/mol. The van der Waals surface area contributed by atoms with Gasteiger partial charge in [0.05, 0.1) is 0 Å². The standard InChI is InChI=1S/C12H20N6O2/c1-7(2)6-18-9-8(10(19)17(3)12(18)20)15-11(16-9)14-5-4-13/h7H,4-6,13H2,1-3H3,(H2,14,15,16). The molecule has 2 heterocycles. The minimum Gasteiger partial charge on any atom is -0.354 e. The van der Waals surface area contributed by atoms with Crippen molar-refractivity contribution in [2.45, 2.75) is 20.4 Å². The molecule has 0 spiro atoms. The number of imidazole rings is 1. The molecule has 8 heteroatoms. The summed E-state index contributed by atoms with van der Waals surface area (Å²) in [6, 6.07) is 0. The van der Waals surface area contributed by atoms with Crippen molar-refractivity contribution in [3.8, 4) is 0 Å². The normalized spacial score (nSPS) is 11.4. The first kappa shape index (κ1) is 14.3. The molecule has 0 atom stereocenters. The van der Waals surface area contributed by atoms with Crippen molar-refractivity contribution in [2.75, 3.05) is 18.4 Å². The van der Waals surface area contributed by atoms with Gasteiger partial charge in [-0.15, -0.1) is 0 Å². The molecule has 8 nitrogen and oxygen atoms in total. The number of nitrogens with one attached hydrogen (secondary N) is 2. The van der Waals surface area contributed by atoms with Gasteiger partial charge in [0.1, 0.15) is 0 Å². The fourth-order valence-electron chi connectivity index (χ4n) is 2.04. The summed E-state index contributed by atoms with van der Waals surface area (Å²) in [6.07, 6.45) is 0. The van der Waals surface area contributed by atoms with Gasteiger partial charge in [0.2, 0.25) is 5.95 Å². The van der Waals surface area contributed by atoms with Crippen LogP contribution in [0.3, 0.4) is 0 Å². The van der Waals surface area contributed by atoms with Crippen LogP contribution in [0.2, 0.25) is 0 Å². The summed E-state index contributed by atoms with van der Waals surface area (Å²) >= 11 is 0. The third-order valence-corrected chi connectivity index (χ3v) is 2.96. The van der Waals surface area contributed by atoms with E-state index in [1.165, 1.54) is 11.6 Å². The van der Waals surface area contributed by atoms with Crippen molar-refractivity contribution in [3.05, 3.63) is 20.8 Å². The van der Waals surface area contributed by atoms with Gasteiger partial charge in [-0.1, -0.05) is 13.8 Å². The molecule has 0 radical (unpaired) electrons. The Bertz CT molecular complexity index is 724. The topological polar surface area (TPSA) is 111 Å².